The highest BCUT2D eigenvalue weighted by Crippen LogP contribution is 2.34. The Kier molecular flexibility index (Phi) is 4.89. The van der Waals surface area contributed by atoms with E-state index < -0.39 is 0 Å². The number of carbonyl (C=O) groups excluding carboxylic acids is 1. The fourth-order valence-electron chi connectivity index (χ4n) is 3.44. The van der Waals surface area contributed by atoms with Gasteiger partial charge in [0.15, 0.2) is 0 Å². The molecule has 0 atom stereocenters. The zero-order valence-electron chi connectivity index (χ0n) is 15.9. The van der Waals surface area contributed by atoms with Crippen molar-refractivity contribution >= 4 is 11.7 Å². The number of amides is 2. The highest BCUT2D eigenvalue weighted by molar-refractivity contribution is 5.95. The van der Waals surface area contributed by atoms with Crippen LogP contribution in [0.2, 0.25) is 0 Å². The summed E-state index contributed by atoms with van der Waals surface area (Å²) < 4.78 is 10.8. The molecule has 0 saturated carbocycles. The maximum absolute atomic E-state index is 12.9. The summed E-state index contributed by atoms with van der Waals surface area (Å²) in [5.41, 5.74) is 3.74. The molecule has 1 N–H and O–H groups in total. The first-order valence-electron chi connectivity index (χ1n) is 9.06. The predicted molar refractivity (Wildman–Crippen MR) is 107 cm³/mol. The molecule has 1 aliphatic heterocycles. The van der Waals surface area contributed by atoms with Gasteiger partial charge >= 0.3 is 6.03 Å². The summed E-state index contributed by atoms with van der Waals surface area (Å²) in [6.45, 7) is 1.86. The molecule has 1 saturated heterocycles. The summed E-state index contributed by atoms with van der Waals surface area (Å²) in [7, 11) is 3.27. The van der Waals surface area contributed by atoms with Gasteiger partial charge in [-0.3, -0.25) is 10.00 Å². The van der Waals surface area contributed by atoms with Gasteiger partial charge in [-0.25, -0.2) is 4.79 Å². The maximum atomic E-state index is 12.9. The van der Waals surface area contributed by atoms with Gasteiger partial charge in [-0.1, -0.05) is 12.1 Å². The molecule has 0 bridgehead atoms. The van der Waals surface area contributed by atoms with Crippen molar-refractivity contribution < 1.29 is 14.3 Å². The van der Waals surface area contributed by atoms with Gasteiger partial charge in [-0.05, 0) is 29.8 Å². The molecule has 0 radical (unpaired) electrons. The van der Waals surface area contributed by atoms with Crippen LogP contribution in [0, 0.1) is 0 Å². The first-order valence-corrected chi connectivity index (χ1v) is 9.06. The van der Waals surface area contributed by atoms with E-state index in [9.17, 15) is 4.79 Å². The number of hydrogen-bond acceptors (Lipinski definition) is 4. The lowest BCUT2D eigenvalue weighted by Gasteiger charge is -2.20. The Morgan fingerprint density at radius 1 is 1.11 bits per heavy atom. The average molecular weight is 378 g/mol. The topological polar surface area (TPSA) is 70.7 Å². The van der Waals surface area contributed by atoms with Crippen molar-refractivity contribution in [2.45, 2.75) is 6.54 Å². The number of anilines is 1. The number of ether oxygens (including phenoxy) is 2. The molecule has 2 amide bonds. The molecule has 7 nitrogen and oxygen atoms in total. The highest BCUT2D eigenvalue weighted by atomic mass is 16.5. The fourth-order valence-corrected chi connectivity index (χ4v) is 3.44. The van der Waals surface area contributed by atoms with Gasteiger partial charge in [0, 0.05) is 48.7 Å². The lowest BCUT2D eigenvalue weighted by Crippen LogP contribution is -2.31. The number of nitrogens with one attached hydrogen (secondary N) is 1. The van der Waals surface area contributed by atoms with Crippen molar-refractivity contribution in [2.75, 3.05) is 32.2 Å². The van der Waals surface area contributed by atoms with Gasteiger partial charge in [-0.2, -0.15) is 5.10 Å². The van der Waals surface area contributed by atoms with Crippen LogP contribution in [0.3, 0.4) is 0 Å². The molecule has 1 aliphatic rings. The minimum absolute atomic E-state index is 0.0130. The van der Waals surface area contributed by atoms with E-state index in [4.69, 9.17) is 9.47 Å². The monoisotopic (exact) mass is 378 g/mol. The average Bonchev–Trinajstić information content (AvgIpc) is 3.38. The molecule has 144 valence electrons. The van der Waals surface area contributed by atoms with E-state index >= 15 is 0 Å². The molecular formula is C21H22N4O3. The third kappa shape index (κ3) is 3.38. The Hall–Kier alpha value is -3.48. The normalized spacial score (nSPS) is 13.9. The smallest absolute Gasteiger partial charge is 0.324 e. The van der Waals surface area contributed by atoms with Crippen molar-refractivity contribution in [1.82, 2.24) is 15.1 Å². The zero-order valence-corrected chi connectivity index (χ0v) is 15.9. The van der Waals surface area contributed by atoms with Crippen molar-refractivity contribution in [3.8, 4) is 22.6 Å². The largest absolute Gasteiger partial charge is 0.497 e. The van der Waals surface area contributed by atoms with Crippen molar-refractivity contribution in [1.29, 1.82) is 0 Å². The number of rotatable bonds is 6. The number of methoxy groups -OCH3 is 2. The summed E-state index contributed by atoms with van der Waals surface area (Å²) in [6, 6.07) is 13.6. The number of aromatic amines is 1. The van der Waals surface area contributed by atoms with Gasteiger partial charge in [0.05, 0.1) is 20.4 Å². The molecule has 0 unspecified atom stereocenters. The van der Waals surface area contributed by atoms with Crippen LogP contribution in [0.5, 0.6) is 11.5 Å². The zero-order chi connectivity index (χ0) is 19.5. The first kappa shape index (κ1) is 17.9. The summed E-state index contributed by atoms with van der Waals surface area (Å²) in [5, 5.41) is 6.80. The SMILES string of the molecule is COc1cccc(CN2CCN(c3ccc(-c4cn[nH]c4)c(OC)c3)C2=O)c1. The van der Waals surface area contributed by atoms with Crippen LogP contribution in [0.15, 0.2) is 54.9 Å². The second-order valence-electron chi connectivity index (χ2n) is 6.58. The Morgan fingerprint density at radius 2 is 2.00 bits per heavy atom. The highest BCUT2D eigenvalue weighted by Gasteiger charge is 2.30. The molecule has 2 heterocycles. The van der Waals surface area contributed by atoms with Gasteiger partial charge in [-0.15, -0.1) is 0 Å². The number of urea groups is 1. The minimum Gasteiger partial charge on any atom is -0.497 e. The van der Waals surface area contributed by atoms with E-state index in [1.807, 2.05) is 53.6 Å². The Bertz CT molecular complexity index is 972. The molecule has 0 aliphatic carbocycles. The molecule has 4 rings (SSSR count). The molecule has 3 aromatic rings. The number of H-pyrrole nitrogens is 1. The van der Waals surface area contributed by atoms with Crippen LogP contribution < -0.4 is 14.4 Å². The third-order valence-corrected chi connectivity index (χ3v) is 4.91. The van der Waals surface area contributed by atoms with Gasteiger partial charge in [0.2, 0.25) is 0 Å². The van der Waals surface area contributed by atoms with E-state index in [0.29, 0.717) is 25.4 Å². The van der Waals surface area contributed by atoms with Crippen LogP contribution in [0.1, 0.15) is 5.56 Å². The molecule has 7 heteroatoms. The summed E-state index contributed by atoms with van der Waals surface area (Å²) in [6.07, 6.45) is 3.56. The molecule has 0 spiro atoms. The van der Waals surface area contributed by atoms with Crippen LogP contribution in [-0.4, -0.2) is 48.4 Å². The molecule has 1 aromatic heterocycles. The summed E-state index contributed by atoms with van der Waals surface area (Å²) >= 11 is 0. The van der Waals surface area contributed by atoms with Crippen LogP contribution in [0.25, 0.3) is 11.1 Å². The minimum atomic E-state index is -0.0130. The molecule has 1 fully saturated rings. The van der Waals surface area contributed by atoms with Crippen molar-refractivity contribution in [2.24, 2.45) is 0 Å². The van der Waals surface area contributed by atoms with E-state index in [-0.39, 0.29) is 6.03 Å². The molecular weight excluding hydrogens is 356 g/mol. The number of benzene rings is 2. The Balaban J connectivity index is 1.53. The van der Waals surface area contributed by atoms with E-state index in [2.05, 4.69) is 10.2 Å². The number of carbonyl (C=O) groups is 1. The fraction of sp³-hybridized carbons (Fsp3) is 0.238. The van der Waals surface area contributed by atoms with Crippen molar-refractivity contribution in [3.05, 3.63) is 60.4 Å². The first-order chi connectivity index (χ1) is 13.7. The summed E-state index contributed by atoms with van der Waals surface area (Å²) in [4.78, 5) is 16.6. The number of aromatic nitrogens is 2. The predicted octanol–water partition coefficient (Wildman–Crippen LogP) is 3.54. The van der Waals surface area contributed by atoms with Gasteiger partial charge < -0.3 is 14.4 Å². The second-order valence-corrected chi connectivity index (χ2v) is 6.58. The summed E-state index contributed by atoms with van der Waals surface area (Å²) in [5.74, 6) is 1.50. The number of hydrogen-bond donors (Lipinski definition) is 1. The second kappa shape index (κ2) is 7.64. The van der Waals surface area contributed by atoms with Crippen LogP contribution in [0.4, 0.5) is 10.5 Å². The molecule has 2 aromatic carbocycles. The third-order valence-electron chi connectivity index (χ3n) is 4.91. The van der Waals surface area contributed by atoms with Crippen LogP contribution in [-0.2, 0) is 6.54 Å². The van der Waals surface area contributed by atoms with Gasteiger partial charge in [0.25, 0.3) is 0 Å². The Morgan fingerprint density at radius 3 is 2.75 bits per heavy atom. The van der Waals surface area contributed by atoms with E-state index in [1.165, 1.54) is 0 Å². The molecule has 28 heavy (non-hydrogen) atoms. The van der Waals surface area contributed by atoms with Crippen molar-refractivity contribution in [3.63, 3.8) is 0 Å². The Labute approximate surface area is 163 Å². The van der Waals surface area contributed by atoms with Gasteiger partial charge in [0.1, 0.15) is 11.5 Å². The standard InChI is InChI=1S/C21H22N4O3/c1-27-18-5-3-4-15(10-18)14-24-8-9-25(21(24)26)17-6-7-19(20(11-17)28-2)16-12-22-23-13-16/h3-7,10-13H,8-9,14H2,1-2H3,(H,22,23). The number of nitrogens with zero attached hydrogens (tertiary/aromatic N) is 3. The quantitative estimate of drug-likeness (QED) is 0.712. The van der Waals surface area contributed by atoms with E-state index in [1.54, 1.807) is 25.3 Å². The maximum Gasteiger partial charge on any atom is 0.324 e. The lowest BCUT2D eigenvalue weighted by molar-refractivity contribution is 0.218. The lowest BCUT2D eigenvalue weighted by atomic mass is 10.1. The van der Waals surface area contributed by atoms with Crippen LogP contribution >= 0.6 is 0 Å². The van der Waals surface area contributed by atoms with E-state index in [0.717, 1.165) is 28.1 Å².